The Morgan fingerprint density at radius 1 is 0.946 bits per heavy atom. The second kappa shape index (κ2) is 21.0. The third kappa shape index (κ3) is 14.2. The summed E-state index contributed by atoms with van der Waals surface area (Å²) in [5, 5.41) is 17.9. The summed E-state index contributed by atoms with van der Waals surface area (Å²) in [6.07, 6.45) is 13.7. The Labute approximate surface area is 230 Å². The Kier molecular flexibility index (Phi) is 19.4. The van der Waals surface area contributed by atoms with Crippen molar-refractivity contribution in [3.05, 3.63) is 35.9 Å². The van der Waals surface area contributed by atoms with E-state index in [9.17, 15) is 19.6 Å². The topological polar surface area (TPSA) is 93.1 Å². The lowest BCUT2D eigenvalue weighted by Crippen LogP contribution is -2.45. The van der Waals surface area contributed by atoms with Crippen molar-refractivity contribution < 1.29 is 29.0 Å². The highest BCUT2D eigenvalue weighted by Crippen LogP contribution is 2.36. The van der Waals surface area contributed by atoms with Crippen LogP contribution in [0.5, 0.6) is 0 Å². The Balaban J connectivity index is 2.54. The number of thioether (sulfide) groups is 1. The van der Waals surface area contributed by atoms with Gasteiger partial charge >= 0.3 is 5.97 Å². The Hall–Kier alpha value is -0.850. The molecule has 0 radical (unpaired) electrons. The first kappa shape index (κ1) is 34.2. The summed E-state index contributed by atoms with van der Waals surface area (Å²) in [6, 6.07) is 10.3. The molecular weight excluding hydrogens is 507 g/mol. The minimum atomic E-state index is -2.40. The van der Waals surface area contributed by atoms with Crippen molar-refractivity contribution in [2.75, 3.05) is 19.0 Å². The molecular formula is C29H51O6PS. The third-order valence-electron chi connectivity index (χ3n) is 6.68. The minimum absolute atomic E-state index is 0.141. The molecule has 5 atom stereocenters. The first-order valence-corrected chi connectivity index (χ1v) is 16.3. The maximum atomic E-state index is 11.8. The molecule has 0 aromatic heterocycles. The van der Waals surface area contributed by atoms with Crippen LogP contribution in [0.1, 0.15) is 109 Å². The SMILES string of the molecule is CCCCCCCCCCOC(C)COC(SCCC(CCCC)c1ccccc1)C(O)([PH2]=O)C(=O)O. The fourth-order valence-corrected chi connectivity index (χ4v) is 6.20. The molecule has 37 heavy (non-hydrogen) atoms. The van der Waals surface area contributed by atoms with E-state index in [0.29, 0.717) is 18.3 Å². The molecule has 8 heteroatoms. The normalized spacial score (nSPS) is 16.0. The average Bonchev–Trinajstić information content (AvgIpc) is 2.91. The number of carboxylic acids is 1. The van der Waals surface area contributed by atoms with Gasteiger partial charge in [0.2, 0.25) is 5.34 Å². The molecule has 214 valence electrons. The average molecular weight is 559 g/mol. The molecule has 0 bridgehead atoms. The number of ether oxygens (including phenoxy) is 2. The molecule has 0 amide bonds. The molecule has 5 unspecified atom stereocenters. The van der Waals surface area contributed by atoms with Crippen molar-refractivity contribution in [1.29, 1.82) is 0 Å². The zero-order valence-corrected chi connectivity index (χ0v) is 25.2. The number of unbranched alkanes of at least 4 members (excludes halogenated alkanes) is 8. The number of carbonyl (C=O) groups is 1. The number of hydrogen-bond acceptors (Lipinski definition) is 6. The van der Waals surface area contributed by atoms with Crippen molar-refractivity contribution in [2.24, 2.45) is 0 Å². The van der Waals surface area contributed by atoms with Crippen LogP contribution in [0.3, 0.4) is 0 Å². The van der Waals surface area contributed by atoms with Gasteiger partial charge in [0.1, 0.15) is 13.9 Å². The molecule has 0 aliphatic rings. The number of aliphatic carboxylic acids is 1. The number of rotatable bonds is 24. The molecule has 1 aromatic carbocycles. The number of aliphatic hydroxyl groups is 1. The zero-order valence-electron chi connectivity index (χ0n) is 23.2. The van der Waals surface area contributed by atoms with Gasteiger partial charge in [-0.1, -0.05) is 102 Å². The number of benzene rings is 1. The maximum absolute atomic E-state index is 11.8. The molecule has 0 fully saturated rings. The van der Waals surface area contributed by atoms with E-state index in [0.717, 1.165) is 38.5 Å². The van der Waals surface area contributed by atoms with Crippen LogP contribution in [-0.2, 0) is 18.8 Å². The van der Waals surface area contributed by atoms with Crippen molar-refractivity contribution in [1.82, 2.24) is 0 Å². The minimum Gasteiger partial charge on any atom is -0.479 e. The highest BCUT2D eigenvalue weighted by molar-refractivity contribution is 8.00. The van der Waals surface area contributed by atoms with Crippen LogP contribution in [-0.4, -0.2) is 52.0 Å². The maximum Gasteiger partial charge on any atom is 0.346 e. The summed E-state index contributed by atoms with van der Waals surface area (Å²) in [7, 11) is -1.98. The Morgan fingerprint density at radius 2 is 1.57 bits per heavy atom. The van der Waals surface area contributed by atoms with E-state index in [1.54, 1.807) is 0 Å². The molecule has 6 nitrogen and oxygen atoms in total. The molecule has 0 heterocycles. The molecule has 0 spiro atoms. The lowest BCUT2D eigenvalue weighted by atomic mass is 9.91. The first-order chi connectivity index (χ1) is 17.9. The second-order valence-electron chi connectivity index (χ2n) is 9.98. The highest BCUT2D eigenvalue weighted by Gasteiger charge is 2.45. The number of carboxylic acid groups (broad SMARTS) is 1. The van der Waals surface area contributed by atoms with E-state index in [1.165, 1.54) is 55.9 Å². The van der Waals surface area contributed by atoms with Gasteiger partial charge in [-0.3, -0.25) is 0 Å². The van der Waals surface area contributed by atoms with Gasteiger partial charge in [-0.25, -0.2) is 4.79 Å². The predicted octanol–water partition coefficient (Wildman–Crippen LogP) is 7.50. The van der Waals surface area contributed by atoms with Crippen LogP contribution in [0.15, 0.2) is 30.3 Å². The second-order valence-corrected chi connectivity index (χ2v) is 12.3. The summed E-state index contributed by atoms with van der Waals surface area (Å²) in [4.78, 5) is 11.8. The van der Waals surface area contributed by atoms with Crippen LogP contribution in [0.4, 0.5) is 0 Å². The quantitative estimate of drug-likeness (QED) is 0.0771. The van der Waals surface area contributed by atoms with Crippen LogP contribution < -0.4 is 0 Å². The smallest absolute Gasteiger partial charge is 0.346 e. The van der Waals surface area contributed by atoms with Gasteiger partial charge in [0, 0.05) is 6.61 Å². The van der Waals surface area contributed by atoms with E-state index in [2.05, 4.69) is 26.0 Å². The molecule has 0 saturated heterocycles. The lowest BCUT2D eigenvalue weighted by Gasteiger charge is -2.29. The van der Waals surface area contributed by atoms with Crippen LogP contribution >= 0.6 is 20.2 Å². The van der Waals surface area contributed by atoms with Crippen molar-refractivity contribution in [3.8, 4) is 0 Å². The van der Waals surface area contributed by atoms with Crippen molar-refractivity contribution in [3.63, 3.8) is 0 Å². The van der Waals surface area contributed by atoms with Gasteiger partial charge in [0.15, 0.2) is 0 Å². The van der Waals surface area contributed by atoms with E-state index in [4.69, 9.17) is 9.47 Å². The third-order valence-corrected chi connectivity index (χ3v) is 9.10. The van der Waals surface area contributed by atoms with Gasteiger partial charge in [0.25, 0.3) is 0 Å². The summed E-state index contributed by atoms with van der Waals surface area (Å²) < 4.78 is 23.5. The summed E-state index contributed by atoms with van der Waals surface area (Å²) >= 11 is 1.23. The van der Waals surface area contributed by atoms with Crippen LogP contribution in [0.2, 0.25) is 0 Å². The van der Waals surface area contributed by atoms with Gasteiger partial charge in [-0.15, -0.1) is 11.8 Å². The molecule has 0 aliphatic heterocycles. The monoisotopic (exact) mass is 558 g/mol. The summed E-state index contributed by atoms with van der Waals surface area (Å²) in [5.41, 5.74) is 0.147. The predicted molar refractivity (Wildman–Crippen MR) is 157 cm³/mol. The van der Waals surface area contributed by atoms with Gasteiger partial charge in [0.05, 0.1) is 12.7 Å². The summed E-state index contributed by atoms with van der Waals surface area (Å²) in [6.45, 7) is 7.05. The van der Waals surface area contributed by atoms with Crippen LogP contribution in [0.25, 0.3) is 0 Å². The highest BCUT2D eigenvalue weighted by atomic mass is 32.2. The van der Waals surface area contributed by atoms with E-state index >= 15 is 0 Å². The van der Waals surface area contributed by atoms with E-state index < -0.39 is 25.2 Å². The van der Waals surface area contributed by atoms with Gasteiger partial charge in [-0.2, -0.15) is 0 Å². The van der Waals surface area contributed by atoms with E-state index in [1.807, 2.05) is 25.1 Å². The molecule has 1 aromatic rings. The fourth-order valence-electron chi connectivity index (χ4n) is 4.27. The lowest BCUT2D eigenvalue weighted by molar-refractivity contribution is -0.157. The summed E-state index contributed by atoms with van der Waals surface area (Å²) in [5.74, 6) is -0.565. The van der Waals surface area contributed by atoms with Gasteiger partial charge in [-0.05, 0) is 43.4 Å². The standard InChI is InChI=1S/C29H51O6PS/c1-4-6-8-9-10-11-12-16-21-34-24(3)23-35-28(29(32,36-33)27(30)31)37-22-20-26(17-7-5-2)25-18-14-13-15-19-25/h13-15,18-19,24,26,28,32H,4-12,16-17,20-23,36H2,1-3H3,(H,30,31). The Morgan fingerprint density at radius 3 is 2.16 bits per heavy atom. The largest absolute Gasteiger partial charge is 0.479 e. The van der Waals surface area contributed by atoms with E-state index in [-0.39, 0.29) is 12.7 Å². The fraction of sp³-hybridized carbons (Fsp3) is 0.759. The zero-order chi connectivity index (χ0) is 27.4. The molecule has 0 aliphatic carbocycles. The molecule has 2 N–H and O–H groups in total. The number of hydrogen-bond donors (Lipinski definition) is 2. The molecule has 0 saturated carbocycles. The van der Waals surface area contributed by atoms with Crippen LogP contribution in [0, 0.1) is 0 Å². The first-order valence-electron chi connectivity index (χ1n) is 14.2. The van der Waals surface area contributed by atoms with Crippen molar-refractivity contribution >= 4 is 26.2 Å². The molecule has 1 rings (SSSR count). The Bertz CT molecular complexity index is 722. The van der Waals surface area contributed by atoms with Gasteiger partial charge < -0.3 is 24.3 Å². The van der Waals surface area contributed by atoms with Crippen molar-refractivity contribution in [2.45, 2.75) is 121 Å².